The van der Waals surface area contributed by atoms with Crippen LogP contribution < -0.4 is 14.8 Å². The highest BCUT2D eigenvalue weighted by molar-refractivity contribution is 7.89. The Morgan fingerprint density at radius 3 is 2.35 bits per heavy atom. The molecule has 0 aromatic heterocycles. The molecule has 0 bridgehead atoms. The number of carbonyl (C=O) groups excluding carboxylic acids is 1. The van der Waals surface area contributed by atoms with Crippen LogP contribution >= 0.6 is 0 Å². The molecule has 0 spiro atoms. The highest BCUT2D eigenvalue weighted by Crippen LogP contribution is 2.21. The van der Waals surface area contributed by atoms with Gasteiger partial charge in [0.15, 0.2) is 0 Å². The van der Waals surface area contributed by atoms with Gasteiger partial charge in [0.1, 0.15) is 18.1 Å². The average Bonchev–Trinajstić information content (AvgIpc) is 2.77. The quantitative estimate of drug-likeness (QED) is 0.628. The molecule has 2 aromatic rings. The van der Waals surface area contributed by atoms with E-state index in [2.05, 4.69) is 5.32 Å². The molecule has 1 fully saturated rings. The van der Waals surface area contributed by atoms with Gasteiger partial charge in [0.05, 0.1) is 18.0 Å². The summed E-state index contributed by atoms with van der Waals surface area (Å²) in [5.41, 5.74) is 1.11. The smallest absolute Gasteiger partial charge is 0.317 e. The summed E-state index contributed by atoms with van der Waals surface area (Å²) in [5, 5.41) is 2.82. The number of benzene rings is 2. The van der Waals surface area contributed by atoms with Crippen molar-refractivity contribution in [2.45, 2.75) is 18.7 Å². The summed E-state index contributed by atoms with van der Waals surface area (Å²) >= 11 is 0. The van der Waals surface area contributed by atoms with E-state index in [-0.39, 0.29) is 24.0 Å². The molecule has 168 valence electrons. The highest BCUT2D eigenvalue weighted by Gasteiger charge is 2.30. The first-order chi connectivity index (χ1) is 14.9. The van der Waals surface area contributed by atoms with Gasteiger partial charge in [0, 0.05) is 26.2 Å². The van der Waals surface area contributed by atoms with E-state index in [0.29, 0.717) is 38.6 Å². The van der Waals surface area contributed by atoms with Gasteiger partial charge in [-0.25, -0.2) is 13.2 Å². The van der Waals surface area contributed by atoms with Crippen molar-refractivity contribution in [1.29, 1.82) is 0 Å². The van der Waals surface area contributed by atoms with Crippen LogP contribution in [0.3, 0.4) is 0 Å². The zero-order valence-electron chi connectivity index (χ0n) is 17.9. The second-order valence-corrected chi connectivity index (χ2v) is 9.13. The fourth-order valence-electron chi connectivity index (χ4n) is 3.30. The van der Waals surface area contributed by atoms with Crippen LogP contribution in [0.15, 0.2) is 53.4 Å². The van der Waals surface area contributed by atoms with Crippen molar-refractivity contribution in [3.05, 3.63) is 54.1 Å². The predicted octanol–water partition coefficient (Wildman–Crippen LogP) is 2.49. The van der Waals surface area contributed by atoms with Crippen molar-refractivity contribution >= 4 is 16.1 Å². The minimum Gasteiger partial charge on any atom is -0.494 e. The molecule has 0 radical (unpaired) electrons. The van der Waals surface area contributed by atoms with E-state index in [1.54, 1.807) is 29.2 Å². The summed E-state index contributed by atoms with van der Waals surface area (Å²) in [6.07, 6.45) is 0. The monoisotopic (exact) mass is 447 g/mol. The lowest BCUT2D eigenvalue weighted by molar-refractivity contribution is 0.170. The number of hydrogen-bond acceptors (Lipinski definition) is 5. The van der Waals surface area contributed by atoms with Gasteiger partial charge >= 0.3 is 6.03 Å². The van der Waals surface area contributed by atoms with Crippen LogP contribution in [0.5, 0.6) is 11.5 Å². The second-order valence-electron chi connectivity index (χ2n) is 7.19. The van der Waals surface area contributed by atoms with Gasteiger partial charge in [0.2, 0.25) is 10.0 Å². The van der Waals surface area contributed by atoms with Gasteiger partial charge in [-0.1, -0.05) is 12.1 Å². The molecule has 0 saturated carbocycles. The summed E-state index contributed by atoms with van der Waals surface area (Å²) in [5.74, 6) is 1.40. The number of hydrogen-bond donors (Lipinski definition) is 1. The summed E-state index contributed by atoms with van der Waals surface area (Å²) in [6.45, 7) is 6.29. The fraction of sp³-hybridized carbons (Fsp3) is 0.409. The molecule has 0 unspecified atom stereocenters. The number of aryl methyl sites for hydroxylation is 1. The minimum atomic E-state index is -3.60. The molecule has 0 atom stereocenters. The van der Waals surface area contributed by atoms with Gasteiger partial charge in [-0.05, 0) is 55.8 Å². The van der Waals surface area contributed by atoms with Crippen LogP contribution in [0, 0.1) is 6.92 Å². The van der Waals surface area contributed by atoms with Crippen LogP contribution in [-0.4, -0.2) is 69.6 Å². The zero-order chi connectivity index (χ0) is 22.3. The van der Waals surface area contributed by atoms with E-state index in [0.717, 1.165) is 11.3 Å². The van der Waals surface area contributed by atoms with Gasteiger partial charge < -0.3 is 19.7 Å². The van der Waals surface area contributed by atoms with Crippen molar-refractivity contribution in [2.75, 3.05) is 45.9 Å². The Bertz CT molecular complexity index is 971. The SMILES string of the molecule is CCOc1ccc(S(=O)(=O)N2CCN(C(=O)NCCOc3cccc(C)c3)CC2)cc1. The van der Waals surface area contributed by atoms with Gasteiger partial charge in [-0.3, -0.25) is 0 Å². The van der Waals surface area contributed by atoms with E-state index in [4.69, 9.17) is 9.47 Å². The topological polar surface area (TPSA) is 88.2 Å². The largest absolute Gasteiger partial charge is 0.494 e. The number of sulfonamides is 1. The average molecular weight is 448 g/mol. The Kier molecular flexibility index (Phi) is 7.75. The third-order valence-corrected chi connectivity index (χ3v) is 6.85. The lowest BCUT2D eigenvalue weighted by Gasteiger charge is -2.34. The number of piperazine rings is 1. The summed E-state index contributed by atoms with van der Waals surface area (Å²) in [6, 6.07) is 13.9. The van der Waals surface area contributed by atoms with E-state index in [1.165, 1.54) is 4.31 Å². The maximum absolute atomic E-state index is 12.9. The second kappa shape index (κ2) is 10.5. The maximum Gasteiger partial charge on any atom is 0.317 e. The zero-order valence-corrected chi connectivity index (χ0v) is 18.7. The number of nitrogens with zero attached hydrogens (tertiary/aromatic N) is 2. The minimum absolute atomic E-state index is 0.217. The molecule has 2 amide bonds. The molecule has 1 aliphatic rings. The lowest BCUT2D eigenvalue weighted by Crippen LogP contribution is -2.53. The molecular formula is C22H29N3O5S. The molecule has 0 aliphatic carbocycles. The van der Waals surface area contributed by atoms with Crippen LogP contribution in [-0.2, 0) is 10.0 Å². The van der Waals surface area contributed by atoms with Crippen LogP contribution in [0.25, 0.3) is 0 Å². The Labute approximate surface area is 183 Å². The van der Waals surface area contributed by atoms with Gasteiger partial charge in [-0.15, -0.1) is 0 Å². The fourth-order valence-corrected chi connectivity index (χ4v) is 4.72. The van der Waals surface area contributed by atoms with Crippen molar-refractivity contribution in [1.82, 2.24) is 14.5 Å². The lowest BCUT2D eigenvalue weighted by atomic mass is 10.2. The molecule has 1 heterocycles. The number of urea groups is 1. The Morgan fingerprint density at radius 2 is 1.71 bits per heavy atom. The van der Waals surface area contributed by atoms with Crippen LogP contribution in [0.1, 0.15) is 12.5 Å². The van der Waals surface area contributed by atoms with Crippen LogP contribution in [0.4, 0.5) is 4.79 Å². The van der Waals surface area contributed by atoms with Gasteiger partial charge in [-0.2, -0.15) is 4.31 Å². The first kappa shape index (κ1) is 22.9. The number of rotatable bonds is 8. The molecule has 3 rings (SSSR count). The molecule has 31 heavy (non-hydrogen) atoms. The molecule has 1 N–H and O–H groups in total. The van der Waals surface area contributed by atoms with E-state index in [1.807, 2.05) is 38.1 Å². The third kappa shape index (κ3) is 6.11. The molecule has 9 heteroatoms. The normalized spacial score (nSPS) is 14.8. The summed E-state index contributed by atoms with van der Waals surface area (Å²) in [4.78, 5) is 14.2. The molecular weight excluding hydrogens is 418 g/mol. The Morgan fingerprint density at radius 1 is 1.00 bits per heavy atom. The molecule has 1 aliphatic heterocycles. The van der Waals surface area contributed by atoms with E-state index >= 15 is 0 Å². The summed E-state index contributed by atoms with van der Waals surface area (Å²) < 4.78 is 38.1. The molecule has 8 nitrogen and oxygen atoms in total. The van der Waals surface area contributed by atoms with Crippen molar-refractivity contribution in [3.63, 3.8) is 0 Å². The number of ether oxygens (including phenoxy) is 2. The molecule has 1 saturated heterocycles. The third-order valence-electron chi connectivity index (χ3n) is 4.93. The van der Waals surface area contributed by atoms with E-state index < -0.39 is 10.0 Å². The standard InChI is InChI=1S/C22H29N3O5S/c1-3-29-19-7-9-21(10-8-19)31(27,28)25-14-12-24(13-15-25)22(26)23-11-16-30-20-6-4-5-18(2)17-20/h4-10,17H,3,11-16H2,1-2H3,(H,23,26). The van der Waals surface area contributed by atoms with Crippen molar-refractivity contribution < 1.29 is 22.7 Å². The number of carbonyl (C=O) groups is 1. The first-order valence-electron chi connectivity index (χ1n) is 10.4. The maximum atomic E-state index is 12.9. The van der Waals surface area contributed by atoms with Crippen molar-refractivity contribution in [2.24, 2.45) is 0 Å². The predicted molar refractivity (Wildman–Crippen MR) is 118 cm³/mol. The Balaban J connectivity index is 1.44. The number of amides is 2. The van der Waals surface area contributed by atoms with Gasteiger partial charge in [0.25, 0.3) is 0 Å². The first-order valence-corrected chi connectivity index (χ1v) is 11.8. The number of nitrogens with one attached hydrogen (secondary N) is 1. The summed E-state index contributed by atoms with van der Waals surface area (Å²) in [7, 11) is -3.60. The highest BCUT2D eigenvalue weighted by atomic mass is 32.2. The Hall–Kier alpha value is -2.78. The van der Waals surface area contributed by atoms with Crippen LogP contribution in [0.2, 0.25) is 0 Å². The van der Waals surface area contributed by atoms with Crippen molar-refractivity contribution in [3.8, 4) is 11.5 Å². The van der Waals surface area contributed by atoms with E-state index in [9.17, 15) is 13.2 Å². The molecule has 2 aromatic carbocycles.